The van der Waals surface area contributed by atoms with E-state index < -0.39 is 5.91 Å². The van der Waals surface area contributed by atoms with Gasteiger partial charge in [-0.25, -0.2) is 4.98 Å². The SMILES string of the molecule is Cc1sc(Br)nc1C(N)=O. The lowest BCUT2D eigenvalue weighted by molar-refractivity contribution is 0.0995. The first kappa shape index (κ1) is 7.68. The Hall–Kier alpha value is -0.420. The average molecular weight is 221 g/mol. The summed E-state index contributed by atoms with van der Waals surface area (Å²) in [6.07, 6.45) is 0. The first-order valence-electron chi connectivity index (χ1n) is 2.54. The van der Waals surface area contributed by atoms with Gasteiger partial charge in [-0.05, 0) is 22.9 Å². The van der Waals surface area contributed by atoms with Crippen LogP contribution < -0.4 is 5.73 Å². The Bertz CT molecular complexity index is 271. The van der Waals surface area contributed by atoms with E-state index in [1.54, 1.807) is 0 Å². The highest BCUT2D eigenvalue weighted by Crippen LogP contribution is 2.21. The number of nitrogens with zero attached hydrogens (tertiary/aromatic N) is 1. The molecule has 1 aromatic heterocycles. The van der Waals surface area contributed by atoms with Crippen molar-refractivity contribution < 1.29 is 4.79 Å². The lowest BCUT2D eigenvalue weighted by Crippen LogP contribution is -2.12. The van der Waals surface area contributed by atoms with Gasteiger partial charge in [0, 0.05) is 4.88 Å². The smallest absolute Gasteiger partial charge is 0.268 e. The second kappa shape index (κ2) is 2.67. The zero-order chi connectivity index (χ0) is 7.72. The molecular formula is C5H5BrN2OS. The predicted molar refractivity (Wildman–Crippen MR) is 43.1 cm³/mol. The van der Waals surface area contributed by atoms with Gasteiger partial charge in [-0.15, -0.1) is 11.3 Å². The Kier molecular flexibility index (Phi) is 2.05. The number of rotatable bonds is 1. The Labute approximate surface area is 70.4 Å². The van der Waals surface area contributed by atoms with Gasteiger partial charge in [0.15, 0.2) is 3.92 Å². The number of hydrogen-bond donors (Lipinski definition) is 1. The summed E-state index contributed by atoms with van der Waals surface area (Å²) >= 11 is 4.55. The van der Waals surface area contributed by atoms with Gasteiger partial charge < -0.3 is 5.73 Å². The third-order valence-corrected chi connectivity index (χ3v) is 2.43. The lowest BCUT2D eigenvalue weighted by Gasteiger charge is -1.85. The van der Waals surface area contributed by atoms with Crippen molar-refractivity contribution in [2.75, 3.05) is 0 Å². The number of nitrogens with two attached hydrogens (primary N) is 1. The molecule has 3 nitrogen and oxygen atoms in total. The Morgan fingerprint density at radius 3 is 2.60 bits per heavy atom. The number of primary amides is 1. The molecule has 2 N–H and O–H groups in total. The maximum absolute atomic E-state index is 10.6. The molecule has 0 aliphatic carbocycles. The molecule has 5 heteroatoms. The Balaban J connectivity index is 3.15. The molecule has 0 unspecified atom stereocenters. The van der Waals surface area contributed by atoms with E-state index in [0.717, 1.165) is 4.88 Å². The highest BCUT2D eigenvalue weighted by Gasteiger charge is 2.09. The molecule has 1 amide bonds. The number of halogens is 1. The van der Waals surface area contributed by atoms with Crippen LogP contribution in [-0.2, 0) is 0 Å². The van der Waals surface area contributed by atoms with E-state index in [9.17, 15) is 4.79 Å². The largest absolute Gasteiger partial charge is 0.364 e. The molecule has 0 bridgehead atoms. The molecule has 0 spiro atoms. The van der Waals surface area contributed by atoms with Gasteiger partial charge in [-0.3, -0.25) is 4.79 Å². The average Bonchev–Trinajstić information content (AvgIpc) is 2.10. The van der Waals surface area contributed by atoms with Crippen molar-refractivity contribution >= 4 is 33.2 Å². The fourth-order valence-corrected chi connectivity index (χ4v) is 2.13. The third-order valence-electron chi connectivity index (χ3n) is 1.00. The zero-order valence-corrected chi connectivity index (χ0v) is 7.62. The summed E-state index contributed by atoms with van der Waals surface area (Å²) < 4.78 is 0.693. The summed E-state index contributed by atoms with van der Waals surface area (Å²) in [7, 11) is 0. The van der Waals surface area contributed by atoms with Crippen LogP contribution in [0.5, 0.6) is 0 Å². The monoisotopic (exact) mass is 220 g/mol. The molecule has 0 radical (unpaired) electrons. The van der Waals surface area contributed by atoms with Crippen molar-refractivity contribution in [2.24, 2.45) is 5.73 Å². The van der Waals surface area contributed by atoms with Crippen LogP contribution in [-0.4, -0.2) is 10.9 Å². The van der Waals surface area contributed by atoms with E-state index in [1.165, 1.54) is 11.3 Å². The fourth-order valence-electron chi connectivity index (χ4n) is 0.593. The van der Waals surface area contributed by atoms with E-state index in [0.29, 0.717) is 9.61 Å². The third kappa shape index (κ3) is 1.35. The van der Waals surface area contributed by atoms with Crippen molar-refractivity contribution in [2.45, 2.75) is 6.92 Å². The van der Waals surface area contributed by atoms with Crippen LogP contribution in [0.1, 0.15) is 15.4 Å². The molecule has 0 aromatic carbocycles. The number of carbonyl (C=O) groups excluding carboxylic acids is 1. The molecule has 1 aromatic rings. The van der Waals surface area contributed by atoms with Crippen molar-refractivity contribution in [3.05, 3.63) is 14.5 Å². The number of carbonyl (C=O) groups is 1. The van der Waals surface area contributed by atoms with Gasteiger partial charge in [-0.2, -0.15) is 0 Å². The van der Waals surface area contributed by atoms with Gasteiger partial charge in [-0.1, -0.05) is 0 Å². The van der Waals surface area contributed by atoms with Crippen LogP contribution in [0.25, 0.3) is 0 Å². The first-order chi connectivity index (χ1) is 4.61. The van der Waals surface area contributed by atoms with Crippen LogP contribution in [0.2, 0.25) is 0 Å². The molecule has 0 aliphatic rings. The molecular weight excluding hydrogens is 216 g/mol. The summed E-state index contributed by atoms with van der Waals surface area (Å²) in [5.74, 6) is -0.473. The summed E-state index contributed by atoms with van der Waals surface area (Å²) in [5.41, 5.74) is 5.37. The molecule has 0 saturated heterocycles. The van der Waals surface area contributed by atoms with E-state index in [1.807, 2.05) is 6.92 Å². The summed E-state index contributed by atoms with van der Waals surface area (Å²) in [6.45, 7) is 1.81. The van der Waals surface area contributed by atoms with E-state index in [-0.39, 0.29) is 0 Å². The van der Waals surface area contributed by atoms with Crippen molar-refractivity contribution in [3.8, 4) is 0 Å². The van der Waals surface area contributed by atoms with Crippen LogP contribution >= 0.6 is 27.3 Å². The maximum atomic E-state index is 10.6. The van der Waals surface area contributed by atoms with Gasteiger partial charge in [0.2, 0.25) is 0 Å². The number of thiazole rings is 1. The number of amides is 1. The normalized spacial score (nSPS) is 9.80. The minimum absolute atomic E-state index is 0.358. The van der Waals surface area contributed by atoms with Crippen LogP contribution in [0.4, 0.5) is 0 Å². The minimum Gasteiger partial charge on any atom is -0.364 e. The molecule has 1 rings (SSSR count). The molecule has 54 valence electrons. The summed E-state index contributed by atoms with van der Waals surface area (Å²) in [5, 5.41) is 0. The molecule has 0 saturated carbocycles. The topological polar surface area (TPSA) is 56.0 Å². The van der Waals surface area contributed by atoms with Crippen LogP contribution in [0.3, 0.4) is 0 Å². The number of hydrogen-bond acceptors (Lipinski definition) is 3. The molecule has 0 aliphatic heterocycles. The van der Waals surface area contributed by atoms with Crippen molar-refractivity contribution in [1.82, 2.24) is 4.98 Å². The van der Waals surface area contributed by atoms with Gasteiger partial charge in [0.25, 0.3) is 5.91 Å². The fraction of sp³-hybridized carbons (Fsp3) is 0.200. The molecule has 0 fully saturated rings. The Morgan fingerprint density at radius 2 is 2.40 bits per heavy atom. The van der Waals surface area contributed by atoms with E-state index >= 15 is 0 Å². The predicted octanol–water partition coefficient (Wildman–Crippen LogP) is 1.31. The number of aromatic nitrogens is 1. The quantitative estimate of drug-likeness (QED) is 0.777. The van der Waals surface area contributed by atoms with Crippen molar-refractivity contribution in [1.29, 1.82) is 0 Å². The highest BCUT2D eigenvalue weighted by molar-refractivity contribution is 9.11. The summed E-state index contributed by atoms with van der Waals surface area (Å²) in [4.78, 5) is 15.3. The van der Waals surface area contributed by atoms with E-state index in [2.05, 4.69) is 20.9 Å². The zero-order valence-electron chi connectivity index (χ0n) is 5.22. The second-order valence-corrected chi connectivity index (χ2v) is 4.22. The molecule has 10 heavy (non-hydrogen) atoms. The summed E-state index contributed by atoms with van der Waals surface area (Å²) in [6, 6.07) is 0. The minimum atomic E-state index is -0.473. The molecule has 0 atom stereocenters. The lowest BCUT2D eigenvalue weighted by atomic mass is 10.4. The second-order valence-electron chi connectivity index (χ2n) is 1.74. The van der Waals surface area contributed by atoms with E-state index in [4.69, 9.17) is 5.73 Å². The standard InChI is InChI=1S/C5H5BrN2OS/c1-2-3(4(7)9)8-5(6)10-2/h1H3,(H2,7,9). The number of aryl methyl sites for hydroxylation is 1. The van der Waals surface area contributed by atoms with Crippen molar-refractivity contribution in [3.63, 3.8) is 0 Å². The Morgan fingerprint density at radius 1 is 1.80 bits per heavy atom. The highest BCUT2D eigenvalue weighted by atomic mass is 79.9. The van der Waals surface area contributed by atoms with Gasteiger partial charge in [0.1, 0.15) is 5.69 Å². The van der Waals surface area contributed by atoms with Gasteiger partial charge >= 0.3 is 0 Å². The van der Waals surface area contributed by atoms with Gasteiger partial charge in [0.05, 0.1) is 0 Å². The maximum Gasteiger partial charge on any atom is 0.268 e. The van der Waals surface area contributed by atoms with Crippen LogP contribution in [0, 0.1) is 6.92 Å². The first-order valence-corrected chi connectivity index (χ1v) is 4.15. The van der Waals surface area contributed by atoms with Crippen LogP contribution in [0.15, 0.2) is 3.92 Å². The molecule has 1 heterocycles.